The monoisotopic (exact) mass is 284 g/mol. The minimum atomic E-state index is 0.276. The molecule has 90 valence electrons. The summed E-state index contributed by atoms with van der Waals surface area (Å²) < 4.78 is 1.15. The minimum absolute atomic E-state index is 0.276. The van der Waals surface area contributed by atoms with Gasteiger partial charge in [-0.2, -0.15) is 0 Å². The molecule has 1 aromatic rings. The van der Waals surface area contributed by atoms with E-state index in [1.807, 2.05) is 0 Å². The van der Waals surface area contributed by atoms with Gasteiger partial charge in [0, 0.05) is 10.5 Å². The lowest BCUT2D eigenvalue weighted by atomic mass is 9.99. The molecule has 0 saturated carbocycles. The summed E-state index contributed by atoms with van der Waals surface area (Å²) in [4.78, 5) is 0. The maximum absolute atomic E-state index is 5.61. The van der Waals surface area contributed by atoms with Gasteiger partial charge in [-0.3, -0.25) is 11.3 Å². The Morgan fingerprint density at radius 3 is 2.69 bits per heavy atom. The highest BCUT2D eigenvalue weighted by atomic mass is 79.9. The summed E-state index contributed by atoms with van der Waals surface area (Å²) >= 11 is 3.51. The average Bonchev–Trinajstić information content (AvgIpc) is 2.29. The van der Waals surface area contributed by atoms with Crippen molar-refractivity contribution < 1.29 is 0 Å². The second-order valence-corrected chi connectivity index (χ2v) is 5.08. The number of hydrazine groups is 1. The van der Waals surface area contributed by atoms with Crippen molar-refractivity contribution in [3.05, 3.63) is 33.8 Å². The number of aryl methyl sites for hydroxylation is 1. The Morgan fingerprint density at radius 2 is 2.12 bits per heavy atom. The topological polar surface area (TPSA) is 38.0 Å². The third kappa shape index (κ3) is 3.89. The molecule has 0 aliphatic carbocycles. The fourth-order valence-electron chi connectivity index (χ4n) is 1.83. The molecule has 0 spiro atoms. The molecule has 1 rings (SSSR count). The molecular formula is C13H21BrN2. The number of benzene rings is 1. The molecule has 0 fully saturated rings. The quantitative estimate of drug-likeness (QED) is 0.473. The van der Waals surface area contributed by atoms with Crippen molar-refractivity contribution in [1.82, 2.24) is 5.43 Å². The Balaban J connectivity index is 2.67. The maximum Gasteiger partial charge on any atom is 0.0460 e. The lowest BCUT2D eigenvalue weighted by molar-refractivity contribution is 0.486. The molecule has 0 saturated heterocycles. The van der Waals surface area contributed by atoms with Crippen LogP contribution in [0.5, 0.6) is 0 Å². The van der Waals surface area contributed by atoms with E-state index in [1.54, 1.807) is 0 Å². The van der Waals surface area contributed by atoms with Gasteiger partial charge in [-0.05, 0) is 30.5 Å². The summed E-state index contributed by atoms with van der Waals surface area (Å²) in [6.07, 6.45) is 4.84. The van der Waals surface area contributed by atoms with Gasteiger partial charge in [0.15, 0.2) is 0 Å². The van der Waals surface area contributed by atoms with Gasteiger partial charge in [-0.15, -0.1) is 0 Å². The number of nitrogens with one attached hydrogen (secondary N) is 1. The van der Waals surface area contributed by atoms with Crippen LogP contribution in [-0.4, -0.2) is 0 Å². The van der Waals surface area contributed by atoms with Crippen LogP contribution in [0.15, 0.2) is 22.7 Å². The van der Waals surface area contributed by atoms with Gasteiger partial charge in [-0.1, -0.05) is 54.2 Å². The molecule has 16 heavy (non-hydrogen) atoms. The maximum atomic E-state index is 5.61. The molecule has 0 heterocycles. The second kappa shape index (κ2) is 7.05. The molecule has 0 amide bonds. The highest BCUT2D eigenvalue weighted by Crippen LogP contribution is 2.24. The van der Waals surface area contributed by atoms with E-state index in [1.165, 1.54) is 30.4 Å². The van der Waals surface area contributed by atoms with Gasteiger partial charge in [0.1, 0.15) is 0 Å². The number of halogens is 1. The second-order valence-electron chi connectivity index (χ2n) is 4.22. The van der Waals surface area contributed by atoms with Crippen molar-refractivity contribution in [2.24, 2.45) is 5.84 Å². The number of unbranched alkanes of at least 4 members (excludes halogenated alkanes) is 2. The number of hydrogen-bond acceptors (Lipinski definition) is 2. The van der Waals surface area contributed by atoms with Gasteiger partial charge in [-0.25, -0.2) is 0 Å². The first-order valence-corrected chi connectivity index (χ1v) is 6.70. The van der Waals surface area contributed by atoms with Crippen LogP contribution in [0.1, 0.15) is 49.8 Å². The molecule has 0 aliphatic heterocycles. The lowest BCUT2D eigenvalue weighted by Gasteiger charge is -2.17. The van der Waals surface area contributed by atoms with E-state index in [9.17, 15) is 0 Å². The van der Waals surface area contributed by atoms with Gasteiger partial charge >= 0.3 is 0 Å². The average molecular weight is 285 g/mol. The molecule has 0 bridgehead atoms. The Labute approximate surface area is 107 Å². The number of nitrogens with two attached hydrogens (primary N) is 1. The predicted octanol–water partition coefficient (Wildman–Crippen LogP) is 3.84. The highest BCUT2D eigenvalue weighted by molar-refractivity contribution is 9.10. The van der Waals surface area contributed by atoms with E-state index in [4.69, 9.17) is 5.84 Å². The van der Waals surface area contributed by atoms with E-state index >= 15 is 0 Å². The van der Waals surface area contributed by atoms with Crippen LogP contribution in [0.4, 0.5) is 0 Å². The highest BCUT2D eigenvalue weighted by Gasteiger charge is 2.09. The van der Waals surface area contributed by atoms with Crippen molar-refractivity contribution in [3.8, 4) is 0 Å². The largest absolute Gasteiger partial charge is 0.271 e. The third-order valence-electron chi connectivity index (χ3n) is 2.88. The molecule has 1 atom stereocenters. The Bertz CT molecular complexity index is 326. The molecule has 3 N–H and O–H groups in total. The molecule has 1 unspecified atom stereocenters. The summed E-state index contributed by atoms with van der Waals surface area (Å²) in [5.41, 5.74) is 5.44. The van der Waals surface area contributed by atoms with Gasteiger partial charge in [0.2, 0.25) is 0 Å². The van der Waals surface area contributed by atoms with Gasteiger partial charge in [0.05, 0.1) is 0 Å². The van der Waals surface area contributed by atoms with Crippen molar-refractivity contribution >= 4 is 15.9 Å². The first-order chi connectivity index (χ1) is 7.69. The SMILES string of the molecule is CCCCCC(NN)c1ccc(Br)c(C)c1. The van der Waals surface area contributed by atoms with E-state index in [0.717, 1.165) is 10.9 Å². The predicted molar refractivity (Wildman–Crippen MR) is 73.1 cm³/mol. The van der Waals surface area contributed by atoms with Crippen molar-refractivity contribution in [2.75, 3.05) is 0 Å². The lowest BCUT2D eigenvalue weighted by Crippen LogP contribution is -2.28. The van der Waals surface area contributed by atoms with Crippen LogP contribution in [0.2, 0.25) is 0 Å². The van der Waals surface area contributed by atoms with E-state index in [2.05, 4.69) is 53.4 Å². The molecule has 1 aromatic carbocycles. The first-order valence-electron chi connectivity index (χ1n) is 5.91. The fraction of sp³-hybridized carbons (Fsp3) is 0.538. The smallest absolute Gasteiger partial charge is 0.0460 e. The zero-order chi connectivity index (χ0) is 12.0. The van der Waals surface area contributed by atoms with E-state index < -0.39 is 0 Å². The summed E-state index contributed by atoms with van der Waals surface area (Å²) in [5, 5.41) is 0. The number of hydrogen-bond donors (Lipinski definition) is 2. The van der Waals surface area contributed by atoms with Crippen LogP contribution < -0.4 is 11.3 Å². The third-order valence-corrected chi connectivity index (χ3v) is 3.77. The van der Waals surface area contributed by atoms with Crippen molar-refractivity contribution in [2.45, 2.75) is 45.6 Å². The van der Waals surface area contributed by atoms with Crippen LogP contribution in [-0.2, 0) is 0 Å². The van der Waals surface area contributed by atoms with E-state index in [0.29, 0.717) is 0 Å². The molecule has 2 nitrogen and oxygen atoms in total. The first kappa shape index (κ1) is 13.7. The van der Waals surface area contributed by atoms with Crippen LogP contribution in [0, 0.1) is 6.92 Å². The zero-order valence-electron chi connectivity index (χ0n) is 10.1. The minimum Gasteiger partial charge on any atom is -0.271 e. The van der Waals surface area contributed by atoms with Gasteiger partial charge in [0.25, 0.3) is 0 Å². The van der Waals surface area contributed by atoms with Crippen LogP contribution in [0.3, 0.4) is 0 Å². The molecule has 0 aromatic heterocycles. The summed E-state index contributed by atoms with van der Waals surface area (Å²) in [7, 11) is 0. The van der Waals surface area contributed by atoms with Crippen molar-refractivity contribution in [1.29, 1.82) is 0 Å². The molecular weight excluding hydrogens is 264 g/mol. The molecule has 0 aliphatic rings. The Hall–Kier alpha value is -0.380. The summed E-state index contributed by atoms with van der Waals surface area (Å²) in [5.74, 6) is 5.61. The molecule has 3 heteroatoms. The Morgan fingerprint density at radius 1 is 1.38 bits per heavy atom. The zero-order valence-corrected chi connectivity index (χ0v) is 11.7. The van der Waals surface area contributed by atoms with Crippen LogP contribution >= 0.6 is 15.9 Å². The molecule has 0 radical (unpaired) electrons. The normalized spacial score (nSPS) is 12.8. The van der Waals surface area contributed by atoms with Gasteiger partial charge < -0.3 is 0 Å². The Kier molecular flexibility index (Phi) is 6.03. The fourth-order valence-corrected chi connectivity index (χ4v) is 2.08. The summed E-state index contributed by atoms with van der Waals surface area (Å²) in [6.45, 7) is 4.32. The van der Waals surface area contributed by atoms with Crippen molar-refractivity contribution in [3.63, 3.8) is 0 Å². The standard InChI is InChI=1S/C13H21BrN2/c1-3-4-5-6-13(16-15)11-7-8-12(14)10(2)9-11/h7-9,13,16H,3-6,15H2,1-2H3. The van der Waals surface area contributed by atoms with E-state index in [-0.39, 0.29) is 6.04 Å². The summed E-state index contributed by atoms with van der Waals surface area (Å²) in [6, 6.07) is 6.70. The van der Waals surface area contributed by atoms with Crippen LogP contribution in [0.25, 0.3) is 0 Å². The number of rotatable bonds is 6.